The number of methoxy groups -OCH3 is 1. The Morgan fingerprint density at radius 2 is 1.76 bits per heavy atom. The summed E-state index contributed by atoms with van der Waals surface area (Å²) in [4.78, 5) is 23.9. The Morgan fingerprint density at radius 3 is 2.36 bits per heavy atom. The van der Waals surface area contributed by atoms with Crippen LogP contribution >= 0.6 is 11.6 Å². The topological polar surface area (TPSA) is 64.6 Å². The molecule has 0 saturated carbocycles. The van der Waals surface area contributed by atoms with Gasteiger partial charge in [-0.25, -0.2) is 4.79 Å². The first-order chi connectivity index (χ1) is 11.8. The van der Waals surface area contributed by atoms with E-state index in [1.54, 1.807) is 43.3 Å². The number of rotatable bonds is 5. The molecule has 0 fully saturated rings. The lowest BCUT2D eigenvalue weighted by atomic mass is 10.1. The van der Waals surface area contributed by atoms with Crippen molar-refractivity contribution >= 4 is 29.2 Å². The average molecular weight is 362 g/mol. The quantitative estimate of drug-likeness (QED) is 0.812. The number of esters is 1. The number of carbonyl (C=O) groups excluding carboxylic acids is 2. The number of aryl methyl sites for hydroxylation is 2. The molecule has 0 aromatic heterocycles. The molecule has 0 aliphatic heterocycles. The molecule has 25 heavy (non-hydrogen) atoms. The number of ether oxygens (including phenoxy) is 2. The highest BCUT2D eigenvalue weighted by molar-refractivity contribution is 6.32. The molecule has 2 rings (SSSR count). The lowest BCUT2D eigenvalue weighted by molar-refractivity contribution is -0.122. The zero-order valence-electron chi connectivity index (χ0n) is 14.6. The summed E-state index contributed by atoms with van der Waals surface area (Å²) in [7, 11) is 1.31. The van der Waals surface area contributed by atoms with E-state index in [1.165, 1.54) is 7.11 Å². The maximum atomic E-state index is 12.3. The van der Waals surface area contributed by atoms with Crippen LogP contribution in [0.15, 0.2) is 36.4 Å². The van der Waals surface area contributed by atoms with Crippen molar-refractivity contribution in [2.24, 2.45) is 0 Å². The van der Waals surface area contributed by atoms with E-state index < -0.39 is 12.1 Å². The summed E-state index contributed by atoms with van der Waals surface area (Å²) in [6, 6.07) is 10.1. The normalized spacial score (nSPS) is 11.6. The molecule has 0 aliphatic carbocycles. The first-order valence-electron chi connectivity index (χ1n) is 7.74. The minimum Gasteiger partial charge on any atom is -0.481 e. The lowest BCUT2D eigenvalue weighted by Crippen LogP contribution is -2.30. The number of halogens is 1. The highest BCUT2D eigenvalue weighted by Crippen LogP contribution is 2.26. The molecule has 0 radical (unpaired) electrons. The summed E-state index contributed by atoms with van der Waals surface area (Å²) in [6.45, 7) is 5.41. The SMILES string of the molecule is COC(=O)c1cccc(NC(=O)[C@@H](C)Oc2cc(C)c(Cl)c(C)c2)c1. The fraction of sp³-hybridized carbons (Fsp3) is 0.263. The zero-order chi connectivity index (χ0) is 18.6. The smallest absolute Gasteiger partial charge is 0.337 e. The van der Waals surface area contributed by atoms with Crippen LogP contribution in [0.5, 0.6) is 5.75 Å². The molecule has 5 nitrogen and oxygen atoms in total. The molecular formula is C19H20ClNO4. The van der Waals surface area contributed by atoms with Gasteiger partial charge in [0.2, 0.25) is 0 Å². The second-order valence-corrected chi connectivity index (χ2v) is 6.07. The second kappa shape index (κ2) is 8.03. The summed E-state index contributed by atoms with van der Waals surface area (Å²) < 4.78 is 10.4. The van der Waals surface area contributed by atoms with Gasteiger partial charge in [0.1, 0.15) is 5.75 Å². The van der Waals surface area contributed by atoms with Gasteiger partial charge in [0.15, 0.2) is 6.10 Å². The van der Waals surface area contributed by atoms with Crippen molar-refractivity contribution in [2.75, 3.05) is 12.4 Å². The maximum absolute atomic E-state index is 12.3. The van der Waals surface area contributed by atoms with Crippen LogP contribution in [0.3, 0.4) is 0 Å². The number of carbonyl (C=O) groups is 2. The van der Waals surface area contributed by atoms with E-state index in [0.29, 0.717) is 22.0 Å². The first kappa shape index (κ1) is 18.8. The Bertz CT molecular complexity index is 781. The molecule has 2 aromatic carbocycles. The molecule has 0 aliphatic rings. The van der Waals surface area contributed by atoms with E-state index in [1.807, 2.05) is 13.8 Å². The molecule has 0 bridgehead atoms. The van der Waals surface area contributed by atoms with E-state index in [0.717, 1.165) is 11.1 Å². The molecule has 0 heterocycles. The summed E-state index contributed by atoms with van der Waals surface area (Å²) >= 11 is 6.14. The Kier molecular flexibility index (Phi) is 6.04. The maximum Gasteiger partial charge on any atom is 0.337 e. The van der Waals surface area contributed by atoms with Gasteiger partial charge in [-0.15, -0.1) is 0 Å². The summed E-state index contributed by atoms with van der Waals surface area (Å²) in [6.07, 6.45) is -0.721. The summed E-state index contributed by atoms with van der Waals surface area (Å²) in [5.41, 5.74) is 2.62. The van der Waals surface area contributed by atoms with Crippen molar-refractivity contribution in [2.45, 2.75) is 26.9 Å². The van der Waals surface area contributed by atoms with Crippen LogP contribution in [-0.2, 0) is 9.53 Å². The molecule has 0 spiro atoms. The predicted molar refractivity (Wildman–Crippen MR) is 97.4 cm³/mol. The summed E-state index contributed by atoms with van der Waals surface area (Å²) in [5, 5.41) is 3.41. The molecule has 1 atom stereocenters. The van der Waals surface area contributed by atoms with Crippen molar-refractivity contribution in [1.29, 1.82) is 0 Å². The Morgan fingerprint density at radius 1 is 1.12 bits per heavy atom. The molecular weight excluding hydrogens is 342 g/mol. The number of hydrogen-bond acceptors (Lipinski definition) is 4. The van der Waals surface area contributed by atoms with Gasteiger partial charge in [0, 0.05) is 10.7 Å². The van der Waals surface area contributed by atoms with Crippen LogP contribution in [-0.4, -0.2) is 25.1 Å². The average Bonchev–Trinajstić information content (AvgIpc) is 2.59. The van der Waals surface area contributed by atoms with Crippen LogP contribution in [0.1, 0.15) is 28.4 Å². The van der Waals surface area contributed by atoms with Gasteiger partial charge < -0.3 is 14.8 Å². The molecule has 2 aromatic rings. The third-order valence-electron chi connectivity index (χ3n) is 3.64. The molecule has 0 unspecified atom stereocenters. The lowest BCUT2D eigenvalue weighted by Gasteiger charge is -2.16. The van der Waals surface area contributed by atoms with E-state index in [4.69, 9.17) is 16.3 Å². The van der Waals surface area contributed by atoms with Gasteiger partial charge in [-0.1, -0.05) is 17.7 Å². The van der Waals surface area contributed by atoms with Crippen LogP contribution in [0.2, 0.25) is 5.02 Å². The Balaban J connectivity index is 2.07. The van der Waals surface area contributed by atoms with E-state index in [-0.39, 0.29) is 5.91 Å². The minimum atomic E-state index is -0.721. The van der Waals surface area contributed by atoms with Crippen LogP contribution < -0.4 is 10.1 Å². The monoisotopic (exact) mass is 361 g/mol. The fourth-order valence-corrected chi connectivity index (χ4v) is 2.43. The third-order valence-corrected chi connectivity index (χ3v) is 4.24. The minimum absolute atomic E-state index is 0.327. The van der Waals surface area contributed by atoms with E-state index in [9.17, 15) is 9.59 Å². The number of benzene rings is 2. The number of amides is 1. The Hall–Kier alpha value is -2.53. The van der Waals surface area contributed by atoms with Gasteiger partial charge in [-0.3, -0.25) is 4.79 Å². The molecule has 0 saturated heterocycles. The highest BCUT2D eigenvalue weighted by Gasteiger charge is 2.16. The van der Waals surface area contributed by atoms with Gasteiger partial charge in [-0.05, 0) is 62.2 Å². The van der Waals surface area contributed by atoms with Crippen molar-refractivity contribution in [3.8, 4) is 5.75 Å². The highest BCUT2D eigenvalue weighted by atomic mass is 35.5. The number of anilines is 1. The first-order valence-corrected chi connectivity index (χ1v) is 8.12. The fourth-order valence-electron chi connectivity index (χ4n) is 2.32. The molecule has 132 valence electrons. The van der Waals surface area contributed by atoms with E-state index >= 15 is 0 Å². The zero-order valence-corrected chi connectivity index (χ0v) is 15.3. The second-order valence-electron chi connectivity index (χ2n) is 5.69. The van der Waals surface area contributed by atoms with Gasteiger partial charge in [0.25, 0.3) is 5.91 Å². The predicted octanol–water partition coefficient (Wildman–Crippen LogP) is 4.15. The van der Waals surface area contributed by atoms with Gasteiger partial charge in [-0.2, -0.15) is 0 Å². The summed E-state index contributed by atoms with van der Waals surface area (Å²) in [5.74, 6) is -0.217. The molecule has 1 amide bonds. The van der Waals surface area contributed by atoms with E-state index in [2.05, 4.69) is 10.1 Å². The van der Waals surface area contributed by atoms with Crippen LogP contribution in [0.25, 0.3) is 0 Å². The van der Waals surface area contributed by atoms with Crippen LogP contribution in [0.4, 0.5) is 5.69 Å². The van der Waals surface area contributed by atoms with Gasteiger partial charge >= 0.3 is 5.97 Å². The Labute approximate surface area is 151 Å². The molecule has 6 heteroatoms. The largest absolute Gasteiger partial charge is 0.481 e. The van der Waals surface area contributed by atoms with Crippen molar-refractivity contribution in [1.82, 2.24) is 0 Å². The standard InChI is InChI=1S/C19H20ClNO4/c1-11-8-16(9-12(2)17(11)20)25-13(3)18(22)21-15-7-5-6-14(10-15)19(23)24-4/h5-10,13H,1-4H3,(H,21,22)/t13-/m1/s1. The van der Waals surface area contributed by atoms with Crippen molar-refractivity contribution < 1.29 is 19.1 Å². The number of nitrogens with one attached hydrogen (secondary N) is 1. The van der Waals surface area contributed by atoms with Crippen molar-refractivity contribution in [3.05, 3.63) is 58.1 Å². The van der Waals surface area contributed by atoms with Gasteiger partial charge in [0.05, 0.1) is 12.7 Å². The third kappa shape index (κ3) is 4.73. The molecule has 1 N–H and O–H groups in total. The number of hydrogen-bond donors (Lipinski definition) is 1. The van der Waals surface area contributed by atoms with Crippen molar-refractivity contribution in [3.63, 3.8) is 0 Å². The van der Waals surface area contributed by atoms with Crippen LogP contribution in [0, 0.1) is 13.8 Å².